The number of nitrogens with one attached hydrogen (secondary N) is 2. The minimum absolute atomic E-state index is 0.0702. The van der Waals surface area contributed by atoms with Gasteiger partial charge in [-0.25, -0.2) is 0 Å². The van der Waals surface area contributed by atoms with Crippen LogP contribution in [-0.2, 0) is 14.4 Å². The Morgan fingerprint density at radius 1 is 1.53 bits per heavy atom. The van der Waals surface area contributed by atoms with Gasteiger partial charge in [0.1, 0.15) is 12.1 Å². The van der Waals surface area contributed by atoms with Crippen molar-refractivity contribution in [1.29, 1.82) is 0 Å². The first kappa shape index (κ1) is 11.6. The van der Waals surface area contributed by atoms with Gasteiger partial charge in [-0.05, 0) is 20.9 Å². The second kappa shape index (κ2) is 3.98. The Labute approximate surface area is 88.0 Å². The molecule has 0 radical (unpaired) electrons. The van der Waals surface area contributed by atoms with Crippen molar-refractivity contribution in [3.63, 3.8) is 0 Å². The molecule has 1 rings (SSSR count). The van der Waals surface area contributed by atoms with E-state index >= 15 is 0 Å². The number of nitrogens with zero attached hydrogens (tertiary/aromatic N) is 1. The number of piperazine rings is 1. The van der Waals surface area contributed by atoms with Crippen molar-refractivity contribution in [2.45, 2.75) is 19.4 Å². The molecule has 0 saturated carbocycles. The lowest BCUT2D eigenvalue weighted by Gasteiger charge is -2.40. The van der Waals surface area contributed by atoms with Gasteiger partial charge in [-0.15, -0.1) is 0 Å². The summed E-state index contributed by atoms with van der Waals surface area (Å²) in [4.78, 5) is 35.6. The molecule has 3 amide bonds. The number of carbonyl (C=O) groups is 3. The molecule has 0 unspecified atom stereocenters. The third-order valence-electron chi connectivity index (χ3n) is 2.41. The molecule has 1 heterocycles. The number of likely N-dealkylation sites (N-methyl/N-ethyl adjacent to an activating group) is 1. The highest BCUT2D eigenvalue weighted by Gasteiger charge is 2.42. The van der Waals surface area contributed by atoms with Crippen LogP contribution < -0.4 is 10.6 Å². The third-order valence-corrected chi connectivity index (χ3v) is 2.41. The first-order chi connectivity index (χ1) is 6.89. The van der Waals surface area contributed by atoms with Crippen molar-refractivity contribution >= 4 is 17.7 Å². The van der Waals surface area contributed by atoms with Crippen molar-refractivity contribution < 1.29 is 14.4 Å². The van der Waals surface area contributed by atoms with Gasteiger partial charge in [0.2, 0.25) is 11.8 Å². The maximum atomic E-state index is 11.6. The van der Waals surface area contributed by atoms with Gasteiger partial charge in [-0.3, -0.25) is 19.7 Å². The maximum Gasteiger partial charge on any atom is 0.252 e. The van der Waals surface area contributed by atoms with Crippen molar-refractivity contribution in [3.05, 3.63) is 0 Å². The van der Waals surface area contributed by atoms with E-state index < -0.39 is 17.4 Å². The molecule has 15 heavy (non-hydrogen) atoms. The zero-order valence-corrected chi connectivity index (χ0v) is 9.09. The van der Waals surface area contributed by atoms with Gasteiger partial charge in [0.05, 0.1) is 6.54 Å². The van der Waals surface area contributed by atoms with Crippen LogP contribution in [0.3, 0.4) is 0 Å². The molecule has 0 aromatic carbocycles. The van der Waals surface area contributed by atoms with Gasteiger partial charge in [0.15, 0.2) is 0 Å². The molecule has 0 aliphatic carbocycles. The largest absolute Gasteiger partial charge is 0.318 e. The fraction of sp³-hybridized carbons (Fsp3) is 0.667. The molecular weight excluding hydrogens is 198 g/mol. The molecule has 6 nitrogen and oxygen atoms in total. The summed E-state index contributed by atoms with van der Waals surface area (Å²) in [6.45, 7) is 3.27. The zero-order valence-electron chi connectivity index (χ0n) is 9.09. The van der Waals surface area contributed by atoms with Gasteiger partial charge >= 0.3 is 0 Å². The van der Waals surface area contributed by atoms with E-state index in [1.807, 2.05) is 0 Å². The van der Waals surface area contributed by atoms with E-state index in [1.54, 1.807) is 20.9 Å². The van der Waals surface area contributed by atoms with Gasteiger partial charge in [0.25, 0.3) is 5.91 Å². The Bertz CT molecular complexity index is 312. The fourth-order valence-electron chi connectivity index (χ4n) is 1.43. The lowest BCUT2D eigenvalue weighted by Crippen LogP contribution is -2.66. The number of imide groups is 1. The van der Waals surface area contributed by atoms with Gasteiger partial charge < -0.3 is 10.2 Å². The van der Waals surface area contributed by atoms with Crippen LogP contribution in [0, 0.1) is 0 Å². The standard InChI is InChI=1S/C9H15N3O3/c1-9(2)8(15)11-6(13)5-12(9)7(14)4-10-3/h10H,4-5H2,1-3H3,(H,11,13,15). The van der Waals surface area contributed by atoms with Crippen molar-refractivity contribution in [3.8, 4) is 0 Å². The molecule has 0 atom stereocenters. The van der Waals surface area contributed by atoms with Crippen LogP contribution >= 0.6 is 0 Å². The zero-order chi connectivity index (χ0) is 11.6. The van der Waals surface area contributed by atoms with Crippen LogP contribution in [0.5, 0.6) is 0 Å². The van der Waals surface area contributed by atoms with Crippen LogP contribution in [0.2, 0.25) is 0 Å². The summed E-state index contributed by atoms with van der Waals surface area (Å²) in [6, 6.07) is 0. The minimum atomic E-state index is -0.970. The molecule has 0 aromatic rings. The van der Waals surface area contributed by atoms with Crippen LogP contribution in [0.15, 0.2) is 0 Å². The Kier molecular flexibility index (Phi) is 3.09. The van der Waals surface area contributed by atoms with E-state index in [-0.39, 0.29) is 19.0 Å². The molecule has 0 aromatic heterocycles. The first-order valence-electron chi connectivity index (χ1n) is 4.69. The van der Waals surface area contributed by atoms with E-state index in [4.69, 9.17) is 0 Å². The van der Waals surface area contributed by atoms with Gasteiger partial charge in [0, 0.05) is 0 Å². The molecule has 0 spiro atoms. The van der Waals surface area contributed by atoms with Gasteiger partial charge in [-0.1, -0.05) is 0 Å². The third kappa shape index (κ3) is 2.15. The molecule has 1 aliphatic rings. The Morgan fingerprint density at radius 3 is 2.67 bits per heavy atom. The Balaban J connectivity index is 2.88. The van der Waals surface area contributed by atoms with Crippen LogP contribution in [0.4, 0.5) is 0 Å². The van der Waals surface area contributed by atoms with E-state index in [2.05, 4.69) is 10.6 Å². The summed E-state index contributed by atoms with van der Waals surface area (Å²) >= 11 is 0. The molecule has 2 N–H and O–H groups in total. The minimum Gasteiger partial charge on any atom is -0.318 e. The first-order valence-corrected chi connectivity index (χ1v) is 4.69. The number of rotatable bonds is 2. The highest BCUT2D eigenvalue weighted by Crippen LogP contribution is 2.17. The highest BCUT2D eigenvalue weighted by atomic mass is 16.2. The summed E-state index contributed by atoms with van der Waals surface area (Å²) in [5.74, 6) is -1.14. The normalized spacial score (nSPS) is 20.1. The van der Waals surface area contributed by atoms with Crippen molar-refractivity contribution in [2.24, 2.45) is 0 Å². The smallest absolute Gasteiger partial charge is 0.252 e. The fourth-order valence-corrected chi connectivity index (χ4v) is 1.43. The second-order valence-corrected chi connectivity index (χ2v) is 3.95. The summed E-state index contributed by atoms with van der Waals surface area (Å²) in [7, 11) is 1.64. The molecular formula is C9H15N3O3. The number of hydrogen-bond acceptors (Lipinski definition) is 4. The topological polar surface area (TPSA) is 78.5 Å². The van der Waals surface area contributed by atoms with Crippen LogP contribution in [-0.4, -0.2) is 48.3 Å². The van der Waals surface area contributed by atoms with Gasteiger partial charge in [-0.2, -0.15) is 0 Å². The maximum absolute atomic E-state index is 11.6. The number of amides is 3. The molecule has 6 heteroatoms. The van der Waals surface area contributed by atoms with E-state index in [0.717, 1.165) is 0 Å². The second-order valence-electron chi connectivity index (χ2n) is 3.95. The average molecular weight is 213 g/mol. The molecule has 1 fully saturated rings. The van der Waals surface area contributed by atoms with E-state index in [1.165, 1.54) is 4.90 Å². The predicted octanol–water partition coefficient (Wildman–Crippen LogP) is -1.53. The average Bonchev–Trinajstić information content (AvgIpc) is 2.12. The Hall–Kier alpha value is -1.43. The summed E-state index contributed by atoms with van der Waals surface area (Å²) in [5, 5.41) is 4.90. The number of hydrogen-bond donors (Lipinski definition) is 2. The molecule has 1 aliphatic heterocycles. The molecule has 84 valence electrons. The lowest BCUT2D eigenvalue weighted by molar-refractivity contribution is -0.155. The molecule has 0 bridgehead atoms. The predicted molar refractivity (Wildman–Crippen MR) is 52.9 cm³/mol. The monoisotopic (exact) mass is 213 g/mol. The summed E-state index contributed by atoms with van der Waals surface area (Å²) in [6.07, 6.45) is 0. The lowest BCUT2D eigenvalue weighted by atomic mass is 9.98. The number of carbonyl (C=O) groups excluding carboxylic acids is 3. The van der Waals surface area contributed by atoms with E-state index in [9.17, 15) is 14.4 Å². The molecule has 1 saturated heterocycles. The van der Waals surface area contributed by atoms with Crippen molar-refractivity contribution in [1.82, 2.24) is 15.5 Å². The van der Waals surface area contributed by atoms with Crippen LogP contribution in [0.1, 0.15) is 13.8 Å². The van der Waals surface area contributed by atoms with E-state index in [0.29, 0.717) is 0 Å². The summed E-state index contributed by atoms with van der Waals surface area (Å²) in [5.41, 5.74) is -0.970. The SMILES string of the molecule is CNCC(=O)N1CC(=O)NC(=O)C1(C)C. The summed E-state index contributed by atoms with van der Waals surface area (Å²) < 4.78 is 0. The highest BCUT2D eigenvalue weighted by molar-refractivity contribution is 6.06. The van der Waals surface area contributed by atoms with Crippen molar-refractivity contribution in [2.75, 3.05) is 20.1 Å². The quantitative estimate of drug-likeness (QED) is 0.545. The van der Waals surface area contributed by atoms with Crippen LogP contribution in [0.25, 0.3) is 0 Å². The Morgan fingerprint density at radius 2 is 2.13 bits per heavy atom.